The Morgan fingerprint density at radius 1 is 1.50 bits per heavy atom. The van der Waals surface area contributed by atoms with Crippen molar-refractivity contribution in [1.29, 1.82) is 0 Å². The van der Waals surface area contributed by atoms with Crippen molar-refractivity contribution in [2.24, 2.45) is 0 Å². The minimum Gasteiger partial charge on any atom is -0.378 e. The van der Waals surface area contributed by atoms with E-state index in [0.717, 1.165) is 6.07 Å². The number of rotatable bonds is 1. The summed E-state index contributed by atoms with van der Waals surface area (Å²) in [6.07, 6.45) is -5.94. The molecule has 1 N–H and O–H groups in total. The summed E-state index contributed by atoms with van der Waals surface area (Å²) in [4.78, 5) is 3.51. The molecule has 1 atom stereocenters. The van der Waals surface area contributed by atoms with Gasteiger partial charge in [0.1, 0.15) is 0 Å². The van der Waals surface area contributed by atoms with Crippen LogP contribution in [-0.4, -0.2) is 16.3 Å². The Kier molecular flexibility index (Phi) is 3.16. The van der Waals surface area contributed by atoms with Crippen molar-refractivity contribution in [3.63, 3.8) is 0 Å². The van der Waals surface area contributed by atoms with Gasteiger partial charge in [-0.05, 0) is 18.6 Å². The second-order valence-electron chi connectivity index (χ2n) is 2.80. The molecule has 0 amide bonds. The number of pyridine rings is 1. The maximum Gasteiger partial charge on any atom is 0.420 e. The van der Waals surface area contributed by atoms with Crippen molar-refractivity contribution in [3.8, 4) is 0 Å². The molecule has 0 bridgehead atoms. The minimum atomic E-state index is -4.68. The molecule has 0 aliphatic carbocycles. The molecule has 0 aliphatic heterocycles. The van der Waals surface area contributed by atoms with Crippen molar-refractivity contribution in [3.05, 3.63) is 28.0 Å². The van der Waals surface area contributed by atoms with Gasteiger partial charge in [-0.2, -0.15) is 13.2 Å². The van der Waals surface area contributed by atoms with Crippen molar-refractivity contribution < 1.29 is 18.3 Å². The Hall–Kier alpha value is -0.620. The van der Waals surface area contributed by atoms with Crippen LogP contribution in [0, 0.1) is 6.92 Å². The van der Waals surface area contributed by atoms with Gasteiger partial charge in [0, 0.05) is 10.7 Å². The van der Waals surface area contributed by atoms with Gasteiger partial charge in [0.2, 0.25) is 0 Å². The fourth-order valence-electron chi connectivity index (χ4n) is 0.831. The van der Waals surface area contributed by atoms with Crippen LogP contribution in [-0.2, 0) is 0 Å². The lowest BCUT2D eigenvalue weighted by Gasteiger charge is -2.14. The largest absolute Gasteiger partial charge is 0.420 e. The molecule has 0 saturated carbocycles. The molecule has 6 heteroatoms. The smallest absolute Gasteiger partial charge is 0.378 e. The molecule has 0 fully saturated rings. The van der Waals surface area contributed by atoms with Crippen molar-refractivity contribution in [2.45, 2.75) is 19.2 Å². The summed E-state index contributed by atoms with van der Waals surface area (Å²) in [5.41, 5.74) is 0.304. The summed E-state index contributed by atoms with van der Waals surface area (Å²) in [5, 5.41) is 8.86. The van der Waals surface area contributed by atoms with Crippen LogP contribution in [0.5, 0.6) is 0 Å². The summed E-state index contributed by atoms with van der Waals surface area (Å²) in [6.45, 7) is 1.70. The second-order valence-corrected chi connectivity index (χ2v) is 3.66. The van der Waals surface area contributed by atoms with Crippen LogP contribution < -0.4 is 0 Å². The van der Waals surface area contributed by atoms with E-state index in [4.69, 9.17) is 5.11 Å². The zero-order valence-electron chi connectivity index (χ0n) is 7.14. The lowest BCUT2D eigenvalue weighted by molar-refractivity contribution is -0.208. The van der Waals surface area contributed by atoms with Crippen molar-refractivity contribution in [2.75, 3.05) is 0 Å². The van der Waals surface area contributed by atoms with Gasteiger partial charge in [-0.3, -0.25) is 4.98 Å². The zero-order chi connectivity index (χ0) is 10.9. The number of hydrogen-bond acceptors (Lipinski definition) is 2. The van der Waals surface area contributed by atoms with Crippen molar-refractivity contribution >= 4 is 15.9 Å². The van der Waals surface area contributed by atoms with E-state index in [1.165, 1.54) is 6.20 Å². The SMILES string of the molecule is Cc1cnc(C(O)C(F)(F)F)cc1Br. The highest BCUT2D eigenvalue weighted by atomic mass is 79.9. The highest BCUT2D eigenvalue weighted by Crippen LogP contribution is 2.32. The van der Waals surface area contributed by atoms with Gasteiger partial charge >= 0.3 is 6.18 Å². The number of alkyl halides is 3. The van der Waals surface area contributed by atoms with E-state index in [2.05, 4.69) is 20.9 Å². The Morgan fingerprint density at radius 3 is 2.50 bits per heavy atom. The molecule has 0 saturated heterocycles. The summed E-state index contributed by atoms with van der Waals surface area (Å²) in [5.74, 6) is 0. The molecule has 1 unspecified atom stereocenters. The first-order valence-corrected chi connectivity index (χ1v) is 4.48. The predicted molar refractivity (Wildman–Crippen MR) is 47.7 cm³/mol. The lowest BCUT2D eigenvalue weighted by Crippen LogP contribution is -2.21. The van der Waals surface area contributed by atoms with E-state index in [0.29, 0.717) is 10.0 Å². The third kappa shape index (κ3) is 2.45. The summed E-state index contributed by atoms with van der Waals surface area (Å²) < 4.78 is 36.7. The summed E-state index contributed by atoms with van der Waals surface area (Å²) >= 11 is 3.06. The van der Waals surface area contributed by atoms with Crippen LogP contribution in [0.2, 0.25) is 0 Å². The highest BCUT2D eigenvalue weighted by molar-refractivity contribution is 9.10. The van der Waals surface area contributed by atoms with E-state index in [-0.39, 0.29) is 0 Å². The Bertz CT molecular complexity index is 340. The Morgan fingerprint density at radius 2 is 2.07 bits per heavy atom. The third-order valence-electron chi connectivity index (χ3n) is 1.65. The number of hydrogen-bond donors (Lipinski definition) is 1. The average Bonchev–Trinajstić information content (AvgIpc) is 2.07. The predicted octanol–water partition coefficient (Wildman–Crippen LogP) is 2.75. The molecule has 14 heavy (non-hydrogen) atoms. The molecule has 1 heterocycles. The van der Waals surface area contributed by atoms with Gasteiger partial charge < -0.3 is 5.11 Å². The quantitative estimate of drug-likeness (QED) is 0.851. The molecule has 0 radical (unpaired) electrons. The first-order valence-electron chi connectivity index (χ1n) is 3.69. The van der Waals surface area contributed by atoms with Crippen LogP contribution in [0.1, 0.15) is 17.4 Å². The maximum absolute atomic E-state index is 12.1. The normalized spacial score (nSPS) is 14.1. The molecule has 78 valence electrons. The monoisotopic (exact) mass is 269 g/mol. The fourth-order valence-corrected chi connectivity index (χ4v) is 1.17. The highest BCUT2D eigenvalue weighted by Gasteiger charge is 2.40. The van der Waals surface area contributed by atoms with E-state index in [1.807, 2.05) is 0 Å². The fraction of sp³-hybridized carbons (Fsp3) is 0.375. The number of aromatic nitrogens is 1. The number of nitrogens with zero attached hydrogens (tertiary/aromatic N) is 1. The van der Waals surface area contributed by atoms with Crippen LogP contribution in [0.25, 0.3) is 0 Å². The van der Waals surface area contributed by atoms with Crippen LogP contribution in [0.3, 0.4) is 0 Å². The first kappa shape index (κ1) is 11.5. The van der Waals surface area contributed by atoms with Crippen LogP contribution in [0.4, 0.5) is 13.2 Å². The van der Waals surface area contributed by atoms with Gasteiger partial charge in [0.25, 0.3) is 0 Å². The van der Waals surface area contributed by atoms with Crippen molar-refractivity contribution in [1.82, 2.24) is 4.98 Å². The van der Waals surface area contributed by atoms with E-state index < -0.39 is 18.0 Å². The van der Waals surface area contributed by atoms with Gasteiger partial charge in [-0.15, -0.1) is 0 Å². The van der Waals surface area contributed by atoms with Gasteiger partial charge in [0.05, 0.1) is 5.69 Å². The Balaban J connectivity index is 3.03. The zero-order valence-corrected chi connectivity index (χ0v) is 8.72. The second kappa shape index (κ2) is 3.86. The average molecular weight is 270 g/mol. The number of halogens is 4. The van der Waals surface area contributed by atoms with Gasteiger partial charge in [0.15, 0.2) is 6.10 Å². The number of aliphatic hydroxyl groups is 1. The standard InChI is InChI=1S/C8H7BrF3NO/c1-4-3-13-6(2-5(4)9)7(14)8(10,11)12/h2-3,7,14H,1H3. The molecule has 0 aromatic carbocycles. The molecule has 1 aromatic heterocycles. The molecular weight excluding hydrogens is 263 g/mol. The third-order valence-corrected chi connectivity index (χ3v) is 2.50. The van der Waals surface area contributed by atoms with E-state index >= 15 is 0 Å². The summed E-state index contributed by atoms with van der Waals surface area (Å²) in [7, 11) is 0. The van der Waals surface area contributed by atoms with E-state index in [1.54, 1.807) is 6.92 Å². The van der Waals surface area contributed by atoms with Crippen LogP contribution in [0.15, 0.2) is 16.7 Å². The first-order chi connectivity index (χ1) is 6.32. The topological polar surface area (TPSA) is 33.1 Å². The Labute approximate surface area is 86.9 Å². The molecule has 1 aromatic rings. The number of aliphatic hydroxyl groups excluding tert-OH is 1. The molecule has 0 spiro atoms. The molecular formula is C8H7BrF3NO. The maximum atomic E-state index is 12.1. The minimum absolute atomic E-state index is 0.407. The molecule has 2 nitrogen and oxygen atoms in total. The van der Waals surface area contributed by atoms with E-state index in [9.17, 15) is 13.2 Å². The summed E-state index contributed by atoms with van der Waals surface area (Å²) in [6, 6.07) is 1.16. The molecule has 1 rings (SSSR count). The van der Waals surface area contributed by atoms with Gasteiger partial charge in [-0.1, -0.05) is 15.9 Å². The number of aryl methyl sites for hydroxylation is 1. The molecule has 0 aliphatic rings. The van der Waals surface area contributed by atoms with Gasteiger partial charge in [-0.25, -0.2) is 0 Å². The van der Waals surface area contributed by atoms with Crippen LogP contribution >= 0.6 is 15.9 Å². The lowest BCUT2D eigenvalue weighted by atomic mass is 10.2.